The topological polar surface area (TPSA) is 116 Å². The molecule has 0 saturated heterocycles. The highest BCUT2D eigenvalue weighted by Crippen LogP contribution is 2.24. The highest BCUT2D eigenvalue weighted by molar-refractivity contribution is 6.17. The number of para-hydroxylation sites is 1. The molecular weight excluding hydrogens is 446 g/mol. The molecule has 0 unspecified atom stereocenters. The molecule has 9 heteroatoms. The smallest absolute Gasteiger partial charge is 0.357 e. The van der Waals surface area contributed by atoms with Crippen LogP contribution in [-0.4, -0.2) is 43.6 Å². The van der Waals surface area contributed by atoms with Crippen molar-refractivity contribution in [3.63, 3.8) is 0 Å². The summed E-state index contributed by atoms with van der Waals surface area (Å²) >= 11 is 0. The third-order valence-corrected chi connectivity index (χ3v) is 5.58. The van der Waals surface area contributed by atoms with E-state index in [9.17, 15) is 9.59 Å². The lowest BCUT2D eigenvalue weighted by molar-refractivity contribution is -0.136. The summed E-state index contributed by atoms with van der Waals surface area (Å²) in [5.41, 5.74) is 3.19. The summed E-state index contributed by atoms with van der Waals surface area (Å²) in [4.78, 5) is 29.3. The number of hydrogen-bond acceptors (Lipinski definition) is 7. The molecule has 0 amide bonds. The number of tetrazole rings is 1. The van der Waals surface area contributed by atoms with E-state index in [0.29, 0.717) is 22.7 Å². The number of ketones is 1. The largest absolute Gasteiger partial charge is 0.465 e. The lowest BCUT2D eigenvalue weighted by Crippen LogP contribution is -2.19. The van der Waals surface area contributed by atoms with Crippen LogP contribution >= 0.6 is 0 Å². The molecule has 0 aliphatic rings. The van der Waals surface area contributed by atoms with Gasteiger partial charge in [0.1, 0.15) is 5.76 Å². The van der Waals surface area contributed by atoms with Gasteiger partial charge in [-0.15, -0.1) is 5.10 Å². The van der Waals surface area contributed by atoms with Gasteiger partial charge in [-0.1, -0.05) is 55.5 Å². The Morgan fingerprint density at radius 1 is 1.09 bits per heavy atom. The van der Waals surface area contributed by atoms with E-state index in [1.165, 1.54) is 17.0 Å². The number of Topliss-reactive ketones (excluding diaryl/α,β-unsaturated/α-hetero) is 1. The first-order valence-electron chi connectivity index (χ1n) is 11.0. The summed E-state index contributed by atoms with van der Waals surface area (Å²) in [5, 5.41) is 12.6. The Morgan fingerprint density at radius 2 is 1.94 bits per heavy atom. The van der Waals surface area contributed by atoms with Crippen LogP contribution in [0.25, 0.3) is 34.1 Å². The minimum Gasteiger partial charge on any atom is -0.465 e. The number of nitrogens with zero attached hydrogens (tertiary/aromatic N) is 4. The Bertz CT molecular complexity index is 1510. The molecule has 2 aromatic carbocycles. The maximum Gasteiger partial charge on any atom is 0.357 e. The Hall–Kier alpha value is -4.79. The normalized spacial score (nSPS) is 11.6. The van der Waals surface area contributed by atoms with Crippen LogP contribution in [-0.2, 0) is 16.0 Å². The summed E-state index contributed by atoms with van der Waals surface area (Å²) in [6.07, 6.45) is 5.43. The number of rotatable bonds is 8. The third kappa shape index (κ3) is 4.39. The fraction of sp³-hybridized carbons (Fsp3) is 0.115. The van der Waals surface area contributed by atoms with Crippen LogP contribution in [0.1, 0.15) is 28.6 Å². The van der Waals surface area contributed by atoms with E-state index in [1.54, 1.807) is 18.3 Å². The van der Waals surface area contributed by atoms with Gasteiger partial charge in [0.05, 0.1) is 6.26 Å². The molecular formula is C26H21N5O4. The summed E-state index contributed by atoms with van der Waals surface area (Å²) in [7, 11) is 0. The molecule has 0 aliphatic carbocycles. The highest BCUT2D eigenvalue weighted by atomic mass is 16.5. The summed E-state index contributed by atoms with van der Waals surface area (Å²) < 4.78 is 12.1. The first-order chi connectivity index (χ1) is 17.2. The van der Waals surface area contributed by atoms with Gasteiger partial charge in [-0.2, -0.15) is 4.68 Å². The number of furan rings is 1. The number of nitrogens with one attached hydrogen (secondary N) is 1. The quantitative estimate of drug-likeness (QED) is 0.204. The number of esters is 1. The van der Waals surface area contributed by atoms with Gasteiger partial charge in [-0.3, -0.25) is 4.79 Å². The SMILES string of the molecule is CCc1cccc2c(C(=O)COC(=O)/C(=C/c3ccco3)n3nnnc3-c3ccccc3)c[nH]c12. The van der Waals surface area contributed by atoms with Crippen molar-refractivity contribution < 1.29 is 18.7 Å². The van der Waals surface area contributed by atoms with Crippen molar-refractivity contribution in [2.24, 2.45) is 0 Å². The van der Waals surface area contributed by atoms with Crippen LogP contribution in [0.2, 0.25) is 0 Å². The van der Waals surface area contributed by atoms with Crippen LogP contribution in [0.5, 0.6) is 0 Å². The minimum absolute atomic E-state index is 0.00352. The number of ether oxygens (including phenoxy) is 1. The summed E-state index contributed by atoms with van der Waals surface area (Å²) in [6.45, 7) is 1.61. The van der Waals surface area contributed by atoms with Crippen LogP contribution < -0.4 is 0 Å². The molecule has 0 radical (unpaired) electrons. The molecule has 35 heavy (non-hydrogen) atoms. The average Bonchev–Trinajstić information content (AvgIpc) is 3.66. The zero-order valence-electron chi connectivity index (χ0n) is 18.8. The fourth-order valence-electron chi connectivity index (χ4n) is 3.86. The van der Waals surface area contributed by atoms with Crippen LogP contribution in [0.15, 0.2) is 77.5 Å². The Balaban J connectivity index is 1.42. The van der Waals surface area contributed by atoms with E-state index < -0.39 is 12.6 Å². The fourth-order valence-corrected chi connectivity index (χ4v) is 3.86. The molecule has 0 fully saturated rings. The van der Waals surface area contributed by atoms with Gasteiger partial charge in [0.25, 0.3) is 0 Å². The molecule has 0 bridgehead atoms. The van der Waals surface area contributed by atoms with E-state index >= 15 is 0 Å². The Morgan fingerprint density at radius 3 is 2.71 bits per heavy atom. The zero-order valence-corrected chi connectivity index (χ0v) is 18.8. The van der Waals surface area contributed by atoms with Gasteiger partial charge < -0.3 is 14.1 Å². The first-order valence-corrected chi connectivity index (χ1v) is 11.0. The van der Waals surface area contributed by atoms with E-state index in [1.807, 2.05) is 48.5 Å². The van der Waals surface area contributed by atoms with E-state index in [2.05, 4.69) is 27.4 Å². The van der Waals surface area contributed by atoms with Crippen molar-refractivity contribution in [2.75, 3.05) is 6.61 Å². The predicted molar refractivity (Wildman–Crippen MR) is 129 cm³/mol. The van der Waals surface area contributed by atoms with Crippen LogP contribution in [0.3, 0.4) is 0 Å². The standard InChI is InChI=1S/C26H21N5O4/c1-2-17-10-6-12-20-21(15-27-24(17)20)23(32)16-35-26(33)22(14-19-11-7-13-34-19)31-25(28-29-30-31)18-8-4-3-5-9-18/h3-15,27H,2,16H2,1H3/b22-14-. The lowest BCUT2D eigenvalue weighted by Gasteiger charge is -2.09. The van der Waals surface area contributed by atoms with Gasteiger partial charge in [0, 0.05) is 34.3 Å². The van der Waals surface area contributed by atoms with Gasteiger partial charge in [-0.25, -0.2) is 4.79 Å². The third-order valence-electron chi connectivity index (χ3n) is 5.58. The van der Waals surface area contributed by atoms with Crippen molar-refractivity contribution in [1.82, 2.24) is 25.2 Å². The lowest BCUT2D eigenvalue weighted by atomic mass is 10.1. The molecule has 174 valence electrons. The number of aryl methyl sites for hydroxylation is 1. The van der Waals surface area contributed by atoms with Crippen molar-refractivity contribution in [3.05, 3.63) is 90.0 Å². The molecule has 5 aromatic rings. The number of fused-ring (bicyclic) bond motifs is 1. The highest BCUT2D eigenvalue weighted by Gasteiger charge is 2.23. The number of hydrogen-bond donors (Lipinski definition) is 1. The average molecular weight is 467 g/mol. The summed E-state index contributed by atoms with van der Waals surface area (Å²) in [5.74, 6) is -0.347. The van der Waals surface area contributed by atoms with Gasteiger partial charge in [0.15, 0.2) is 18.1 Å². The Labute approximate surface area is 200 Å². The first kappa shape index (κ1) is 22.0. The van der Waals surface area contributed by atoms with Crippen molar-refractivity contribution >= 4 is 34.4 Å². The second-order valence-corrected chi connectivity index (χ2v) is 7.72. The molecule has 1 N–H and O–H groups in total. The van der Waals surface area contributed by atoms with Crippen molar-refractivity contribution in [2.45, 2.75) is 13.3 Å². The Kier molecular flexibility index (Phi) is 6.04. The maximum absolute atomic E-state index is 13.2. The molecule has 9 nitrogen and oxygen atoms in total. The molecule has 3 heterocycles. The summed E-state index contributed by atoms with van der Waals surface area (Å²) in [6, 6.07) is 18.4. The van der Waals surface area contributed by atoms with Crippen LogP contribution in [0, 0.1) is 0 Å². The molecule has 0 aliphatic heterocycles. The predicted octanol–water partition coefficient (Wildman–Crippen LogP) is 4.40. The second-order valence-electron chi connectivity index (χ2n) is 7.72. The van der Waals surface area contributed by atoms with E-state index in [-0.39, 0.29) is 11.5 Å². The van der Waals surface area contributed by atoms with Gasteiger partial charge in [-0.05, 0) is 34.5 Å². The molecule has 0 spiro atoms. The van der Waals surface area contributed by atoms with Crippen LogP contribution in [0.4, 0.5) is 0 Å². The number of H-pyrrole nitrogens is 1. The van der Waals surface area contributed by atoms with Gasteiger partial charge in [0.2, 0.25) is 5.78 Å². The minimum atomic E-state index is -0.770. The van der Waals surface area contributed by atoms with Crippen molar-refractivity contribution in [3.8, 4) is 11.4 Å². The van der Waals surface area contributed by atoms with E-state index in [4.69, 9.17) is 9.15 Å². The molecule has 0 saturated carbocycles. The molecule has 5 rings (SSSR count). The van der Waals surface area contributed by atoms with Gasteiger partial charge >= 0.3 is 5.97 Å². The maximum atomic E-state index is 13.2. The zero-order chi connectivity index (χ0) is 24.2. The number of benzene rings is 2. The monoisotopic (exact) mass is 467 g/mol. The molecule has 0 atom stereocenters. The second kappa shape index (κ2) is 9.60. The van der Waals surface area contributed by atoms with Crippen molar-refractivity contribution in [1.29, 1.82) is 0 Å². The number of aromatic nitrogens is 5. The number of carbonyl (C=O) groups is 2. The number of aromatic amines is 1. The van der Waals surface area contributed by atoms with E-state index in [0.717, 1.165) is 22.9 Å². The number of carbonyl (C=O) groups excluding carboxylic acids is 2. The molecule has 3 aromatic heterocycles.